The first-order chi connectivity index (χ1) is 11.7. The summed E-state index contributed by atoms with van der Waals surface area (Å²) in [5, 5.41) is 1.18. The quantitative estimate of drug-likeness (QED) is 0.446. The Morgan fingerprint density at radius 3 is 2.58 bits per heavy atom. The minimum Gasteiger partial charge on any atom is -0.489 e. The van der Waals surface area contributed by atoms with Crippen LogP contribution in [-0.2, 0) is 6.61 Å². The van der Waals surface area contributed by atoms with E-state index in [0.29, 0.717) is 34.3 Å². The second-order valence-corrected chi connectivity index (χ2v) is 5.71. The number of aromatic amines is 1. The van der Waals surface area contributed by atoms with Crippen LogP contribution in [0.3, 0.4) is 0 Å². The fourth-order valence-electron chi connectivity index (χ4n) is 2.83. The van der Waals surface area contributed by atoms with Crippen molar-refractivity contribution in [3.8, 4) is 5.75 Å². The number of pyridine rings is 1. The Hall–Kier alpha value is -3.27. The van der Waals surface area contributed by atoms with Gasteiger partial charge in [-0.3, -0.25) is 4.79 Å². The second kappa shape index (κ2) is 5.74. The molecule has 0 aliphatic heterocycles. The molecular weight excluding hydrogens is 300 g/mol. The molecule has 0 saturated carbocycles. The predicted octanol–water partition coefficient (Wildman–Crippen LogP) is 3.84. The lowest BCUT2D eigenvalue weighted by Crippen LogP contribution is -2.06. The first-order valence-corrected chi connectivity index (χ1v) is 7.73. The minimum atomic E-state index is -0.0452. The molecule has 3 N–H and O–H groups in total. The Morgan fingerprint density at radius 1 is 0.917 bits per heavy atom. The van der Waals surface area contributed by atoms with Crippen molar-refractivity contribution in [2.75, 3.05) is 5.73 Å². The van der Waals surface area contributed by atoms with E-state index in [9.17, 15) is 4.79 Å². The van der Waals surface area contributed by atoms with Crippen molar-refractivity contribution in [2.45, 2.75) is 6.61 Å². The van der Waals surface area contributed by atoms with Crippen LogP contribution in [0.5, 0.6) is 5.75 Å². The van der Waals surface area contributed by atoms with E-state index in [1.807, 2.05) is 42.5 Å². The van der Waals surface area contributed by atoms with Crippen molar-refractivity contribution < 1.29 is 4.74 Å². The number of nitrogen functional groups attached to an aromatic ring is 1. The molecule has 0 aliphatic rings. The molecule has 0 spiro atoms. The molecule has 0 atom stereocenters. The van der Waals surface area contributed by atoms with Gasteiger partial charge in [0.05, 0.1) is 16.7 Å². The van der Waals surface area contributed by atoms with E-state index < -0.39 is 0 Å². The van der Waals surface area contributed by atoms with Gasteiger partial charge in [0.25, 0.3) is 0 Å². The molecule has 0 radical (unpaired) electrons. The van der Waals surface area contributed by atoms with Crippen LogP contribution in [0.4, 0.5) is 5.69 Å². The smallest absolute Gasteiger partial charge is 0.197 e. The van der Waals surface area contributed by atoms with E-state index in [1.165, 1.54) is 0 Å². The molecule has 0 bridgehead atoms. The van der Waals surface area contributed by atoms with Gasteiger partial charge in [0.1, 0.15) is 12.4 Å². The maximum absolute atomic E-state index is 12.7. The molecule has 4 nitrogen and oxygen atoms in total. The Labute approximate surface area is 138 Å². The summed E-state index contributed by atoms with van der Waals surface area (Å²) in [6.45, 7) is 0.463. The molecule has 0 aliphatic carbocycles. The summed E-state index contributed by atoms with van der Waals surface area (Å²) < 4.78 is 5.81. The van der Waals surface area contributed by atoms with Crippen LogP contribution in [0.2, 0.25) is 0 Å². The predicted molar refractivity (Wildman–Crippen MR) is 97.3 cm³/mol. The van der Waals surface area contributed by atoms with Gasteiger partial charge in [-0.25, -0.2) is 0 Å². The van der Waals surface area contributed by atoms with Gasteiger partial charge in [-0.1, -0.05) is 36.4 Å². The van der Waals surface area contributed by atoms with E-state index in [0.717, 1.165) is 11.1 Å². The molecule has 1 aromatic heterocycles. The lowest BCUT2D eigenvalue weighted by atomic mass is 10.1. The van der Waals surface area contributed by atoms with Gasteiger partial charge in [0.2, 0.25) is 0 Å². The third-order valence-corrected chi connectivity index (χ3v) is 4.08. The van der Waals surface area contributed by atoms with Gasteiger partial charge in [-0.15, -0.1) is 0 Å². The Kier molecular flexibility index (Phi) is 3.43. The molecule has 4 heteroatoms. The Morgan fingerprint density at radius 2 is 1.75 bits per heavy atom. The molecule has 0 saturated heterocycles. The fourth-order valence-corrected chi connectivity index (χ4v) is 2.83. The van der Waals surface area contributed by atoms with Gasteiger partial charge in [0, 0.05) is 10.8 Å². The van der Waals surface area contributed by atoms with Gasteiger partial charge in [0.15, 0.2) is 5.43 Å². The molecular formula is C20H16N2O2. The fraction of sp³-hybridized carbons (Fsp3) is 0.0500. The van der Waals surface area contributed by atoms with Gasteiger partial charge in [-0.2, -0.15) is 0 Å². The number of ether oxygens (including phenoxy) is 1. The highest BCUT2D eigenvalue weighted by atomic mass is 16.5. The second-order valence-electron chi connectivity index (χ2n) is 5.71. The first-order valence-electron chi connectivity index (χ1n) is 7.73. The number of aromatic nitrogens is 1. The van der Waals surface area contributed by atoms with Crippen molar-refractivity contribution in [2.24, 2.45) is 0 Å². The van der Waals surface area contributed by atoms with Crippen LogP contribution in [0.15, 0.2) is 71.5 Å². The molecule has 1 heterocycles. The van der Waals surface area contributed by atoms with E-state index >= 15 is 0 Å². The van der Waals surface area contributed by atoms with Crippen molar-refractivity contribution in [1.29, 1.82) is 0 Å². The largest absolute Gasteiger partial charge is 0.489 e. The summed E-state index contributed by atoms with van der Waals surface area (Å²) >= 11 is 0. The molecule has 0 unspecified atom stereocenters. The summed E-state index contributed by atoms with van der Waals surface area (Å²) in [7, 11) is 0. The van der Waals surface area contributed by atoms with Crippen LogP contribution in [0.25, 0.3) is 21.8 Å². The number of anilines is 1. The van der Waals surface area contributed by atoms with Gasteiger partial charge in [-0.05, 0) is 35.9 Å². The third kappa shape index (κ3) is 2.48. The average Bonchev–Trinajstić information content (AvgIpc) is 2.62. The highest BCUT2D eigenvalue weighted by molar-refractivity contribution is 5.97. The van der Waals surface area contributed by atoms with E-state index in [-0.39, 0.29) is 5.43 Å². The van der Waals surface area contributed by atoms with E-state index in [4.69, 9.17) is 10.5 Å². The van der Waals surface area contributed by atoms with Crippen LogP contribution in [-0.4, -0.2) is 4.98 Å². The first kappa shape index (κ1) is 14.3. The maximum Gasteiger partial charge on any atom is 0.197 e. The monoisotopic (exact) mass is 316 g/mol. The number of para-hydroxylation sites is 1. The summed E-state index contributed by atoms with van der Waals surface area (Å²) in [4.78, 5) is 16.0. The van der Waals surface area contributed by atoms with E-state index in [1.54, 1.807) is 24.3 Å². The summed E-state index contributed by atoms with van der Waals surface area (Å²) in [5.41, 5.74) is 8.99. The molecule has 118 valence electrons. The van der Waals surface area contributed by atoms with Crippen LogP contribution in [0.1, 0.15) is 5.56 Å². The summed E-state index contributed by atoms with van der Waals surface area (Å²) in [6.07, 6.45) is 0. The number of nitrogens with one attached hydrogen (secondary N) is 1. The topological polar surface area (TPSA) is 68.1 Å². The highest BCUT2D eigenvalue weighted by Gasteiger charge is 2.08. The number of nitrogens with two attached hydrogens (primary N) is 1. The van der Waals surface area contributed by atoms with E-state index in [2.05, 4.69) is 4.98 Å². The number of fused-ring (bicyclic) bond motifs is 2. The van der Waals surface area contributed by atoms with Crippen LogP contribution in [0, 0.1) is 0 Å². The lowest BCUT2D eigenvalue weighted by molar-refractivity contribution is 0.306. The number of H-pyrrole nitrogens is 1. The molecule has 4 rings (SSSR count). The molecule has 24 heavy (non-hydrogen) atoms. The van der Waals surface area contributed by atoms with Gasteiger partial charge < -0.3 is 15.5 Å². The molecule has 3 aromatic carbocycles. The highest BCUT2D eigenvalue weighted by Crippen LogP contribution is 2.23. The van der Waals surface area contributed by atoms with Crippen molar-refractivity contribution in [1.82, 2.24) is 4.98 Å². The summed E-state index contributed by atoms with van der Waals surface area (Å²) in [5.74, 6) is 0.667. The SMILES string of the molecule is Nc1cccc2c(=O)c3cc(OCc4ccccc4)ccc3[nH]c12. The normalized spacial score (nSPS) is 11.0. The maximum atomic E-state index is 12.7. The van der Waals surface area contributed by atoms with Gasteiger partial charge >= 0.3 is 0 Å². The lowest BCUT2D eigenvalue weighted by Gasteiger charge is -2.09. The molecule has 4 aromatic rings. The number of rotatable bonds is 3. The number of hydrogen-bond donors (Lipinski definition) is 2. The number of hydrogen-bond acceptors (Lipinski definition) is 3. The zero-order valence-corrected chi connectivity index (χ0v) is 13.0. The Balaban J connectivity index is 1.76. The zero-order chi connectivity index (χ0) is 16.5. The molecule has 0 amide bonds. The third-order valence-electron chi connectivity index (χ3n) is 4.08. The zero-order valence-electron chi connectivity index (χ0n) is 13.0. The van der Waals surface area contributed by atoms with Crippen LogP contribution >= 0.6 is 0 Å². The average molecular weight is 316 g/mol. The van der Waals surface area contributed by atoms with Crippen molar-refractivity contribution >= 4 is 27.5 Å². The Bertz CT molecular complexity index is 1090. The summed E-state index contributed by atoms with van der Waals surface area (Å²) in [6, 6.07) is 20.7. The molecule has 0 fully saturated rings. The van der Waals surface area contributed by atoms with Crippen LogP contribution < -0.4 is 15.9 Å². The minimum absolute atomic E-state index is 0.0452. The van der Waals surface area contributed by atoms with Crippen molar-refractivity contribution in [3.05, 3.63) is 82.5 Å². The van der Waals surface area contributed by atoms with Crippen molar-refractivity contribution in [3.63, 3.8) is 0 Å². The number of benzene rings is 3. The standard InChI is InChI=1S/C20H16N2O2/c21-17-8-4-7-15-19(17)22-18-10-9-14(11-16(18)20(15)23)24-12-13-5-2-1-3-6-13/h1-11H,12,21H2,(H,22,23).